The summed E-state index contributed by atoms with van der Waals surface area (Å²) in [6.45, 7) is 5.28. The molecule has 0 fully saturated rings. The Balaban J connectivity index is 2.16. The Bertz CT molecular complexity index is 384. The Morgan fingerprint density at radius 2 is 2.11 bits per heavy atom. The van der Waals surface area contributed by atoms with Gasteiger partial charge in [0.25, 0.3) is 0 Å². The van der Waals surface area contributed by atoms with Gasteiger partial charge >= 0.3 is 0 Å². The zero-order valence-corrected chi connectivity index (χ0v) is 12.9. The molecule has 0 heterocycles. The van der Waals surface area contributed by atoms with Crippen LogP contribution in [0.2, 0.25) is 5.02 Å². The lowest BCUT2D eigenvalue weighted by molar-refractivity contribution is -0.120. The van der Waals surface area contributed by atoms with Crippen LogP contribution in [0.4, 0.5) is 0 Å². The molecule has 1 aromatic carbocycles. The third-order valence-electron chi connectivity index (χ3n) is 2.45. The summed E-state index contributed by atoms with van der Waals surface area (Å²) >= 11 is 7.38. The summed E-state index contributed by atoms with van der Waals surface area (Å²) in [5.41, 5.74) is 0. The third kappa shape index (κ3) is 6.73. The van der Waals surface area contributed by atoms with E-state index >= 15 is 0 Å². The number of amides is 1. The molecule has 1 amide bonds. The summed E-state index contributed by atoms with van der Waals surface area (Å²) in [7, 11) is 0. The average Bonchev–Trinajstić information content (AvgIpc) is 2.42. The van der Waals surface area contributed by atoms with Gasteiger partial charge in [-0.3, -0.25) is 4.79 Å². The van der Waals surface area contributed by atoms with Crippen molar-refractivity contribution in [1.29, 1.82) is 0 Å². The van der Waals surface area contributed by atoms with Gasteiger partial charge in [-0.05, 0) is 37.6 Å². The van der Waals surface area contributed by atoms with Crippen LogP contribution in [0, 0.1) is 0 Å². The normalized spacial score (nSPS) is 11.9. The second-order valence-corrected chi connectivity index (χ2v) is 5.99. The maximum Gasteiger partial charge on any atom is 0.232 e. The Morgan fingerprint density at radius 1 is 1.42 bits per heavy atom. The van der Waals surface area contributed by atoms with Gasteiger partial charge in [-0.1, -0.05) is 18.5 Å². The number of ether oxygens (including phenoxy) is 1. The Hall–Kier alpha value is -0.870. The Morgan fingerprint density at radius 3 is 2.74 bits per heavy atom. The largest absolute Gasteiger partial charge is 0.493 e. The fraction of sp³-hybridized carbons (Fsp3) is 0.500. The second-order valence-electron chi connectivity index (χ2n) is 4.11. The van der Waals surface area contributed by atoms with Gasteiger partial charge in [-0.2, -0.15) is 0 Å². The Kier molecular flexibility index (Phi) is 7.75. The summed E-state index contributed by atoms with van der Waals surface area (Å²) in [5, 5.41) is 3.54. The molecule has 1 aromatic rings. The minimum Gasteiger partial charge on any atom is -0.493 e. The maximum absolute atomic E-state index is 11.6. The van der Waals surface area contributed by atoms with E-state index in [9.17, 15) is 4.79 Å². The molecule has 0 aromatic heterocycles. The summed E-state index contributed by atoms with van der Waals surface area (Å²) in [6.07, 6.45) is 0.961. The zero-order chi connectivity index (χ0) is 14.1. The van der Waals surface area contributed by atoms with E-state index in [4.69, 9.17) is 16.3 Å². The summed E-state index contributed by atoms with van der Waals surface area (Å²) in [4.78, 5) is 11.6. The molecule has 19 heavy (non-hydrogen) atoms. The van der Waals surface area contributed by atoms with Crippen LogP contribution in [-0.4, -0.2) is 30.1 Å². The third-order valence-corrected chi connectivity index (χ3v) is 3.82. The summed E-state index contributed by atoms with van der Waals surface area (Å²) in [6, 6.07) is 7.27. The van der Waals surface area contributed by atoms with Gasteiger partial charge in [-0.25, -0.2) is 0 Å². The molecule has 0 aliphatic rings. The molecule has 5 heteroatoms. The number of benzene rings is 1. The zero-order valence-electron chi connectivity index (χ0n) is 11.3. The predicted octanol–water partition coefficient (Wildman–Crippen LogP) is 3.37. The molecule has 0 spiro atoms. The Labute approximate surface area is 124 Å². The van der Waals surface area contributed by atoms with Gasteiger partial charge in [0, 0.05) is 17.3 Å². The van der Waals surface area contributed by atoms with E-state index in [0.29, 0.717) is 11.6 Å². The molecule has 0 aliphatic heterocycles. The fourth-order valence-electron chi connectivity index (χ4n) is 1.38. The molecule has 0 saturated carbocycles. The van der Waals surface area contributed by atoms with E-state index < -0.39 is 0 Å². The van der Waals surface area contributed by atoms with Crippen LogP contribution in [-0.2, 0) is 4.79 Å². The SMILES string of the molecule is CCCNC(=O)C(C)SCCOc1ccc(Cl)cc1. The van der Waals surface area contributed by atoms with Gasteiger partial charge < -0.3 is 10.1 Å². The molecule has 0 aliphatic carbocycles. The maximum atomic E-state index is 11.6. The van der Waals surface area contributed by atoms with E-state index in [1.54, 1.807) is 23.9 Å². The number of carbonyl (C=O) groups excluding carboxylic acids is 1. The lowest BCUT2D eigenvalue weighted by atomic mass is 10.3. The molecule has 106 valence electrons. The van der Waals surface area contributed by atoms with Crippen LogP contribution in [0.3, 0.4) is 0 Å². The first-order valence-electron chi connectivity index (χ1n) is 6.41. The monoisotopic (exact) mass is 301 g/mol. The van der Waals surface area contributed by atoms with Crippen molar-refractivity contribution < 1.29 is 9.53 Å². The number of halogens is 1. The lowest BCUT2D eigenvalue weighted by Gasteiger charge is -2.12. The highest BCUT2D eigenvalue weighted by atomic mass is 35.5. The molecular formula is C14H20ClNO2S. The molecule has 0 bridgehead atoms. The molecule has 0 saturated heterocycles. The molecule has 1 unspecified atom stereocenters. The average molecular weight is 302 g/mol. The van der Waals surface area contributed by atoms with Gasteiger partial charge in [-0.15, -0.1) is 11.8 Å². The highest BCUT2D eigenvalue weighted by molar-refractivity contribution is 8.00. The smallest absolute Gasteiger partial charge is 0.232 e. The van der Waals surface area contributed by atoms with E-state index in [1.807, 2.05) is 26.0 Å². The van der Waals surface area contributed by atoms with Crippen molar-refractivity contribution in [3.8, 4) is 5.75 Å². The van der Waals surface area contributed by atoms with Gasteiger partial charge in [0.05, 0.1) is 11.9 Å². The second kappa shape index (κ2) is 9.10. The van der Waals surface area contributed by atoms with Crippen LogP contribution < -0.4 is 10.1 Å². The van der Waals surface area contributed by atoms with Crippen molar-refractivity contribution in [3.63, 3.8) is 0 Å². The lowest BCUT2D eigenvalue weighted by Crippen LogP contribution is -2.31. The highest BCUT2D eigenvalue weighted by Crippen LogP contribution is 2.16. The molecule has 3 nitrogen and oxygen atoms in total. The van der Waals surface area contributed by atoms with Crippen LogP contribution in [0.15, 0.2) is 24.3 Å². The van der Waals surface area contributed by atoms with Gasteiger partial charge in [0.1, 0.15) is 5.75 Å². The molecule has 0 radical (unpaired) electrons. The van der Waals surface area contributed by atoms with Crippen molar-refractivity contribution in [3.05, 3.63) is 29.3 Å². The standard InChI is InChI=1S/C14H20ClNO2S/c1-3-8-16-14(17)11(2)19-10-9-18-13-6-4-12(15)5-7-13/h4-7,11H,3,8-10H2,1-2H3,(H,16,17). The van der Waals surface area contributed by atoms with E-state index in [1.165, 1.54) is 0 Å². The number of hydrogen-bond acceptors (Lipinski definition) is 3. The first-order chi connectivity index (χ1) is 9.13. The van der Waals surface area contributed by atoms with E-state index in [0.717, 1.165) is 24.5 Å². The first kappa shape index (κ1) is 16.2. The van der Waals surface area contributed by atoms with E-state index in [-0.39, 0.29) is 11.2 Å². The van der Waals surface area contributed by atoms with Crippen LogP contribution >= 0.6 is 23.4 Å². The first-order valence-corrected chi connectivity index (χ1v) is 7.84. The van der Waals surface area contributed by atoms with Crippen LogP contribution in [0.25, 0.3) is 0 Å². The van der Waals surface area contributed by atoms with Crippen molar-refractivity contribution >= 4 is 29.3 Å². The number of nitrogens with one attached hydrogen (secondary N) is 1. The quantitative estimate of drug-likeness (QED) is 0.748. The number of thioether (sulfide) groups is 1. The van der Waals surface area contributed by atoms with Crippen LogP contribution in [0.1, 0.15) is 20.3 Å². The molecule has 1 atom stereocenters. The number of rotatable bonds is 8. The predicted molar refractivity (Wildman–Crippen MR) is 82.2 cm³/mol. The van der Waals surface area contributed by atoms with Crippen molar-refractivity contribution in [2.45, 2.75) is 25.5 Å². The number of carbonyl (C=O) groups is 1. The van der Waals surface area contributed by atoms with Crippen molar-refractivity contribution in [1.82, 2.24) is 5.32 Å². The minimum absolute atomic E-state index is 0.0413. The summed E-state index contributed by atoms with van der Waals surface area (Å²) < 4.78 is 5.56. The topological polar surface area (TPSA) is 38.3 Å². The molecule has 1 rings (SSSR count). The van der Waals surface area contributed by atoms with Gasteiger partial charge in [0.2, 0.25) is 5.91 Å². The van der Waals surface area contributed by atoms with Crippen molar-refractivity contribution in [2.75, 3.05) is 18.9 Å². The van der Waals surface area contributed by atoms with E-state index in [2.05, 4.69) is 5.32 Å². The fourth-order valence-corrected chi connectivity index (χ4v) is 2.28. The molecular weight excluding hydrogens is 282 g/mol. The molecule has 1 N–H and O–H groups in total. The highest BCUT2D eigenvalue weighted by Gasteiger charge is 2.11. The summed E-state index contributed by atoms with van der Waals surface area (Å²) in [5.74, 6) is 1.68. The van der Waals surface area contributed by atoms with Crippen molar-refractivity contribution in [2.24, 2.45) is 0 Å². The number of hydrogen-bond donors (Lipinski definition) is 1. The van der Waals surface area contributed by atoms with Gasteiger partial charge in [0.15, 0.2) is 0 Å². The minimum atomic E-state index is -0.0413. The van der Waals surface area contributed by atoms with Crippen LogP contribution in [0.5, 0.6) is 5.75 Å².